The van der Waals surface area contributed by atoms with E-state index in [1.165, 1.54) is 17.7 Å². The molecule has 0 saturated carbocycles. The van der Waals surface area contributed by atoms with Crippen LogP contribution in [-0.4, -0.2) is 19.0 Å². The number of rotatable bonds is 2. The molecular formula is C10H11F3N2. The molecule has 0 aliphatic carbocycles. The van der Waals surface area contributed by atoms with Crippen LogP contribution in [-0.2, 0) is 0 Å². The predicted molar refractivity (Wildman–Crippen MR) is 52.9 cm³/mol. The van der Waals surface area contributed by atoms with Crippen LogP contribution in [0.4, 0.5) is 24.6 Å². The standard InChI is InChI=1S/C10H11F3N2/c11-10(12)5-6-15(7-10)9-3-1-8(14-13)2-4-9/h1-4,14H,5-7H2. The van der Waals surface area contributed by atoms with E-state index in [4.69, 9.17) is 0 Å². The quantitative estimate of drug-likeness (QED) is 0.765. The average Bonchev–Trinajstić information content (AvgIpc) is 2.59. The first-order valence-corrected chi connectivity index (χ1v) is 4.70. The van der Waals surface area contributed by atoms with E-state index in [-0.39, 0.29) is 13.0 Å². The molecule has 1 aromatic rings. The highest BCUT2D eigenvalue weighted by Crippen LogP contribution is 2.31. The van der Waals surface area contributed by atoms with E-state index >= 15 is 0 Å². The molecule has 1 aliphatic rings. The lowest BCUT2D eigenvalue weighted by atomic mass is 10.2. The zero-order valence-electron chi connectivity index (χ0n) is 8.01. The molecule has 82 valence electrons. The molecule has 1 N–H and O–H groups in total. The maximum Gasteiger partial charge on any atom is 0.266 e. The molecule has 1 aromatic carbocycles. The van der Waals surface area contributed by atoms with Gasteiger partial charge in [0.2, 0.25) is 0 Å². The van der Waals surface area contributed by atoms with Gasteiger partial charge in [-0.3, -0.25) is 0 Å². The smallest absolute Gasteiger partial charge is 0.266 e. The van der Waals surface area contributed by atoms with Crippen LogP contribution in [0.25, 0.3) is 0 Å². The largest absolute Gasteiger partial charge is 0.365 e. The summed E-state index contributed by atoms with van der Waals surface area (Å²) in [4.78, 5) is 1.60. The minimum Gasteiger partial charge on any atom is -0.365 e. The van der Waals surface area contributed by atoms with Gasteiger partial charge in [-0.1, -0.05) is 0 Å². The van der Waals surface area contributed by atoms with Crippen LogP contribution < -0.4 is 10.4 Å². The van der Waals surface area contributed by atoms with Gasteiger partial charge in [0.05, 0.1) is 12.2 Å². The highest BCUT2D eigenvalue weighted by molar-refractivity contribution is 5.55. The molecule has 2 nitrogen and oxygen atoms in total. The number of halogens is 3. The molecule has 0 bridgehead atoms. The molecule has 1 aliphatic heterocycles. The topological polar surface area (TPSA) is 15.3 Å². The lowest BCUT2D eigenvalue weighted by Crippen LogP contribution is -2.24. The van der Waals surface area contributed by atoms with Crippen molar-refractivity contribution in [3.8, 4) is 0 Å². The molecule has 1 fully saturated rings. The van der Waals surface area contributed by atoms with Crippen molar-refractivity contribution in [1.82, 2.24) is 0 Å². The second-order valence-corrected chi connectivity index (χ2v) is 3.67. The van der Waals surface area contributed by atoms with Crippen molar-refractivity contribution in [1.29, 1.82) is 0 Å². The van der Waals surface area contributed by atoms with Crippen molar-refractivity contribution in [2.24, 2.45) is 0 Å². The molecule has 0 amide bonds. The van der Waals surface area contributed by atoms with E-state index in [0.717, 1.165) is 0 Å². The van der Waals surface area contributed by atoms with Crippen molar-refractivity contribution in [3.05, 3.63) is 24.3 Å². The van der Waals surface area contributed by atoms with E-state index in [9.17, 15) is 13.3 Å². The molecule has 0 radical (unpaired) electrons. The molecule has 1 saturated heterocycles. The lowest BCUT2D eigenvalue weighted by Gasteiger charge is -2.18. The Labute approximate surface area is 85.6 Å². The van der Waals surface area contributed by atoms with Gasteiger partial charge in [-0.25, -0.2) is 14.3 Å². The van der Waals surface area contributed by atoms with Crippen molar-refractivity contribution in [2.75, 3.05) is 23.5 Å². The Morgan fingerprint density at radius 3 is 2.33 bits per heavy atom. The highest BCUT2D eigenvalue weighted by atomic mass is 19.3. The van der Waals surface area contributed by atoms with Gasteiger partial charge in [-0.15, -0.1) is 4.48 Å². The third-order valence-electron chi connectivity index (χ3n) is 2.51. The molecule has 0 unspecified atom stereocenters. The third-order valence-corrected chi connectivity index (χ3v) is 2.51. The summed E-state index contributed by atoms with van der Waals surface area (Å²) < 4.78 is 37.8. The average molecular weight is 216 g/mol. The number of nitrogens with one attached hydrogen (secondary N) is 1. The molecule has 2 rings (SSSR count). The Morgan fingerprint density at radius 1 is 1.20 bits per heavy atom. The van der Waals surface area contributed by atoms with Gasteiger partial charge in [-0.05, 0) is 24.3 Å². The fourth-order valence-corrected chi connectivity index (χ4v) is 1.69. The van der Waals surface area contributed by atoms with Gasteiger partial charge in [-0.2, -0.15) is 0 Å². The van der Waals surface area contributed by atoms with Crippen molar-refractivity contribution in [2.45, 2.75) is 12.3 Å². The van der Waals surface area contributed by atoms with Gasteiger partial charge in [0.25, 0.3) is 5.92 Å². The number of nitrogens with zero attached hydrogens (tertiary/aromatic N) is 1. The second kappa shape index (κ2) is 3.64. The highest BCUT2D eigenvalue weighted by Gasteiger charge is 2.38. The SMILES string of the molecule is FNc1ccc(N2CCC(F)(F)C2)cc1. The fourth-order valence-electron chi connectivity index (χ4n) is 1.69. The minimum absolute atomic E-state index is 0.115. The summed E-state index contributed by atoms with van der Waals surface area (Å²) >= 11 is 0. The third kappa shape index (κ3) is 2.16. The van der Waals surface area contributed by atoms with Gasteiger partial charge < -0.3 is 4.90 Å². The van der Waals surface area contributed by atoms with Crippen LogP contribution in [0.15, 0.2) is 24.3 Å². The van der Waals surface area contributed by atoms with Crippen LogP contribution in [0.2, 0.25) is 0 Å². The zero-order valence-corrected chi connectivity index (χ0v) is 8.01. The minimum atomic E-state index is -2.60. The van der Waals surface area contributed by atoms with E-state index in [0.29, 0.717) is 17.9 Å². The van der Waals surface area contributed by atoms with Crippen molar-refractivity contribution >= 4 is 11.4 Å². The lowest BCUT2D eigenvalue weighted by molar-refractivity contribution is 0.0257. The Hall–Kier alpha value is -1.39. The van der Waals surface area contributed by atoms with Crippen molar-refractivity contribution in [3.63, 3.8) is 0 Å². The molecule has 0 spiro atoms. The Bertz CT molecular complexity index is 337. The number of anilines is 2. The molecule has 1 heterocycles. The maximum absolute atomic E-state index is 12.9. The first kappa shape index (κ1) is 10.1. The summed E-state index contributed by atoms with van der Waals surface area (Å²) in [5, 5.41) is 0. The van der Waals surface area contributed by atoms with Crippen LogP contribution in [0.5, 0.6) is 0 Å². The monoisotopic (exact) mass is 216 g/mol. The first-order valence-electron chi connectivity index (χ1n) is 4.70. The molecular weight excluding hydrogens is 205 g/mol. The van der Waals surface area contributed by atoms with Crippen LogP contribution in [0, 0.1) is 0 Å². The summed E-state index contributed by atoms with van der Waals surface area (Å²) in [5.74, 6) is -2.60. The predicted octanol–water partition coefficient (Wildman–Crippen LogP) is 2.83. The number of alkyl halides is 2. The molecule has 0 atom stereocenters. The number of benzene rings is 1. The maximum atomic E-state index is 12.9. The molecule has 15 heavy (non-hydrogen) atoms. The first-order chi connectivity index (χ1) is 7.11. The Balaban J connectivity index is 2.11. The summed E-state index contributed by atoms with van der Waals surface area (Å²) in [5.41, 5.74) is 2.52. The van der Waals surface area contributed by atoms with Crippen molar-refractivity contribution < 1.29 is 13.3 Å². The van der Waals surface area contributed by atoms with E-state index in [2.05, 4.69) is 0 Å². The fraction of sp³-hybridized carbons (Fsp3) is 0.400. The molecule has 5 heteroatoms. The Morgan fingerprint density at radius 2 is 1.87 bits per heavy atom. The van der Waals surface area contributed by atoms with Crippen LogP contribution >= 0.6 is 0 Å². The van der Waals surface area contributed by atoms with E-state index in [1.807, 2.05) is 0 Å². The summed E-state index contributed by atoms with van der Waals surface area (Å²) in [6.07, 6.45) is -0.115. The number of hydrogen-bond donors (Lipinski definition) is 1. The summed E-state index contributed by atoms with van der Waals surface area (Å²) in [6, 6.07) is 6.30. The van der Waals surface area contributed by atoms with E-state index < -0.39 is 5.92 Å². The van der Waals surface area contributed by atoms with Gasteiger partial charge in [0, 0.05) is 18.7 Å². The van der Waals surface area contributed by atoms with Gasteiger partial charge >= 0.3 is 0 Å². The number of hydrogen-bond acceptors (Lipinski definition) is 2. The van der Waals surface area contributed by atoms with Gasteiger partial charge in [0.1, 0.15) is 0 Å². The van der Waals surface area contributed by atoms with E-state index in [1.54, 1.807) is 17.0 Å². The second-order valence-electron chi connectivity index (χ2n) is 3.67. The van der Waals surface area contributed by atoms with Crippen LogP contribution in [0.1, 0.15) is 6.42 Å². The van der Waals surface area contributed by atoms with Crippen LogP contribution in [0.3, 0.4) is 0 Å². The van der Waals surface area contributed by atoms with Gasteiger partial charge in [0.15, 0.2) is 0 Å². The zero-order chi connectivity index (χ0) is 10.9. The normalized spacial score (nSPS) is 19.3. The summed E-state index contributed by atoms with van der Waals surface area (Å²) in [7, 11) is 0. The molecule has 0 aromatic heterocycles. The Kier molecular flexibility index (Phi) is 2.46. The summed E-state index contributed by atoms with van der Waals surface area (Å²) in [6.45, 7) is 0.0881.